The number of benzene rings is 3. The number of esters is 1. The first-order valence-corrected chi connectivity index (χ1v) is 8.71. The van der Waals surface area contributed by atoms with E-state index in [1.807, 2.05) is 0 Å². The Morgan fingerprint density at radius 2 is 1.70 bits per heavy atom. The van der Waals surface area contributed by atoms with Gasteiger partial charge in [-0.25, -0.2) is 9.18 Å². The van der Waals surface area contributed by atoms with Crippen molar-refractivity contribution in [3.8, 4) is 0 Å². The van der Waals surface area contributed by atoms with Crippen LogP contribution in [-0.4, -0.2) is 16.8 Å². The van der Waals surface area contributed by atoms with Gasteiger partial charge in [0.2, 0.25) is 6.10 Å². The van der Waals surface area contributed by atoms with Gasteiger partial charge in [-0.05, 0) is 30.3 Å². The second-order valence-corrected chi connectivity index (χ2v) is 6.22. The van der Waals surface area contributed by atoms with Gasteiger partial charge in [0.25, 0.3) is 11.6 Å². The van der Waals surface area contributed by atoms with Crippen molar-refractivity contribution < 1.29 is 23.6 Å². The minimum atomic E-state index is -1.37. The second-order valence-electron chi connectivity index (χ2n) is 6.22. The maximum Gasteiger partial charge on any atom is 0.341 e. The fourth-order valence-corrected chi connectivity index (χ4v) is 2.65. The number of nitrogen functional groups attached to an aromatic ring is 1. The van der Waals surface area contributed by atoms with E-state index < -0.39 is 28.7 Å². The van der Waals surface area contributed by atoms with Crippen LogP contribution in [0.3, 0.4) is 0 Å². The first-order valence-electron chi connectivity index (χ1n) is 8.71. The van der Waals surface area contributed by atoms with Crippen LogP contribution in [0.25, 0.3) is 0 Å². The van der Waals surface area contributed by atoms with Crippen LogP contribution in [0.2, 0.25) is 0 Å². The topological polar surface area (TPSA) is 125 Å². The van der Waals surface area contributed by atoms with Gasteiger partial charge >= 0.3 is 5.97 Å². The molecule has 0 aliphatic rings. The highest BCUT2D eigenvalue weighted by Crippen LogP contribution is 2.25. The molecule has 0 saturated heterocycles. The van der Waals surface area contributed by atoms with Crippen molar-refractivity contribution in [3.63, 3.8) is 0 Å². The summed E-state index contributed by atoms with van der Waals surface area (Å²) in [5.41, 5.74) is 5.82. The lowest BCUT2D eigenvalue weighted by Gasteiger charge is -2.18. The van der Waals surface area contributed by atoms with Gasteiger partial charge in [0, 0.05) is 29.1 Å². The summed E-state index contributed by atoms with van der Waals surface area (Å²) in [6, 6.07) is 16.6. The third-order valence-electron chi connectivity index (χ3n) is 4.14. The van der Waals surface area contributed by atoms with Gasteiger partial charge < -0.3 is 15.8 Å². The molecule has 0 spiro atoms. The maximum absolute atomic E-state index is 13.1. The van der Waals surface area contributed by atoms with Gasteiger partial charge in [-0.1, -0.05) is 30.3 Å². The van der Waals surface area contributed by atoms with Crippen molar-refractivity contribution in [1.29, 1.82) is 0 Å². The number of nitrogens with zero attached hydrogens (tertiary/aromatic N) is 1. The van der Waals surface area contributed by atoms with Gasteiger partial charge in [-0.3, -0.25) is 14.9 Å². The molecule has 0 radical (unpaired) electrons. The number of carbonyl (C=O) groups excluding carboxylic acids is 2. The lowest BCUT2D eigenvalue weighted by atomic mass is 10.1. The summed E-state index contributed by atoms with van der Waals surface area (Å²) >= 11 is 0. The lowest BCUT2D eigenvalue weighted by Crippen LogP contribution is -2.26. The molecule has 3 N–H and O–H groups in total. The molecular weight excluding hydrogens is 393 g/mol. The van der Waals surface area contributed by atoms with Crippen LogP contribution < -0.4 is 11.1 Å². The Kier molecular flexibility index (Phi) is 6.02. The molecule has 1 atom stereocenters. The summed E-state index contributed by atoms with van der Waals surface area (Å²) in [6.45, 7) is 0. The number of nitrogens with one attached hydrogen (secondary N) is 1. The highest BCUT2D eigenvalue weighted by Gasteiger charge is 2.27. The quantitative estimate of drug-likeness (QED) is 0.276. The number of halogens is 1. The van der Waals surface area contributed by atoms with E-state index in [1.165, 1.54) is 30.3 Å². The first-order chi connectivity index (χ1) is 14.3. The predicted octanol–water partition coefficient (Wildman–Crippen LogP) is 3.85. The monoisotopic (exact) mass is 409 g/mol. The number of carbonyl (C=O) groups is 2. The van der Waals surface area contributed by atoms with Crippen LogP contribution in [0.5, 0.6) is 0 Å². The highest BCUT2D eigenvalue weighted by atomic mass is 19.1. The van der Waals surface area contributed by atoms with E-state index >= 15 is 0 Å². The van der Waals surface area contributed by atoms with Crippen molar-refractivity contribution in [2.24, 2.45) is 0 Å². The van der Waals surface area contributed by atoms with Gasteiger partial charge in [0.1, 0.15) is 5.82 Å². The van der Waals surface area contributed by atoms with Crippen molar-refractivity contribution in [2.45, 2.75) is 6.10 Å². The minimum Gasteiger partial charge on any atom is -0.444 e. The minimum absolute atomic E-state index is 0.0312. The van der Waals surface area contributed by atoms with Crippen LogP contribution in [-0.2, 0) is 9.53 Å². The van der Waals surface area contributed by atoms with Crippen LogP contribution >= 0.6 is 0 Å². The number of amides is 1. The van der Waals surface area contributed by atoms with E-state index in [-0.39, 0.29) is 16.9 Å². The molecule has 3 rings (SSSR count). The molecule has 3 aromatic carbocycles. The summed E-state index contributed by atoms with van der Waals surface area (Å²) in [5.74, 6) is -2.16. The number of nitro groups is 1. The summed E-state index contributed by atoms with van der Waals surface area (Å²) in [6.07, 6.45) is -1.37. The number of non-ortho nitro benzene ring substituents is 1. The molecule has 0 aliphatic heterocycles. The molecule has 152 valence electrons. The molecule has 0 heterocycles. The Balaban J connectivity index is 1.89. The zero-order valence-corrected chi connectivity index (χ0v) is 15.4. The number of hydrogen-bond acceptors (Lipinski definition) is 6. The predicted molar refractivity (Wildman–Crippen MR) is 107 cm³/mol. The molecule has 0 saturated carbocycles. The number of nitro benzene ring substituents is 1. The van der Waals surface area contributed by atoms with Crippen LogP contribution in [0.15, 0.2) is 72.8 Å². The summed E-state index contributed by atoms with van der Waals surface area (Å²) in [7, 11) is 0. The Labute approximate surface area is 170 Å². The van der Waals surface area contributed by atoms with Gasteiger partial charge in [0.15, 0.2) is 0 Å². The summed E-state index contributed by atoms with van der Waals surface area (Å²) < 4.78 is 18.5. The third kappa shape index (κ3) is 4.76. The van der Waals surface area contributed by atoms with Crippen LogP contribution in [0.4, 0.5) is 21.5 Å². The van der Waals surface area contributed by atoms with E-state index in [4.69, 9.17) is 10.5 Å². The molecule has 0 fully saturated rings. The number of nitrogens with two attached hydrogens (primary N) is 1. The molecule has 1 amide bonds. The average Bonchev–Trinajstić information content (AvgIpc) is 2.74. The number of hydrogen-bond donors (Lipinski definition) is 2. The Morgan fingerprint density at radius 3 is 2.33 bits per heavy atom. The van der Waals surface area contributed by atoms with Crippen molar-refractivity contribution >= 4 is 28.9 Å². The van der Waals surface area contributed by atoms with Crippen molar-refractivity contribution in [3.05, 3.63) is 99.9 Å². The fourth-order valence-electron chi connectivity index (χ4n) is 2.65. The molecular formula is C21H16FN3O5. The Morgan fingerprint density at radius 1 is 1.03 bits per heavy atom. The fraction of sp³-hybridized carbons (Fsp3) is 0.0476. The molecule has 3 aromatic rings. The van der Waals surface area contributed by atoms with Gasteiger partial charge in [-0.15, -0.1) is 0 Å². The first kappa shape index (κ1) is 20.5. The Hall–Kier alpha value is -4.27. The molecule has 0 bridgehead atoms. The van der Waals surface area contributed by atoms with Crippen molar-refractivity contribution in [1.82, 2.24) is 0 Å². The normalized spacial score (nSPS) is 11.4. The molecule has 30 heavy (non-hydrogen) atoms. The highest BCUT2D eigenvalue weighted by molar-refractivity contribution is 6.00. The Bertz CT molecular complexity index is 1090. The SMILES string of the molecule is Nc1ccc([N+](=O)[O-])cc1C(=O)OC(C(=O)Nc1ccc(F)cc1)c1ccccc1. The van der Waals surface area contributed by atoms with Crippen molar-refractivity contribution in [2.75, 3.05) is 11.1 Å². The van der Waals surface area contributed by atoms with E-state index in [2.05, 4.69) is 5.32 Å². The standard InChI is InChI=1S/C21H16FN3O5/c22-14-6-8-15(9-7-14)24-20(26)19(13-4-2-1-3-5-13)30-21(27)17-12-16(25(28)29)10-11-18(17)23/h1-12,19H,23H2,(H,24,26). The number of rotatable bonds is 6. The molecule has 9 heteroatoms. The largest absolute Gasteiger partial charge is 0.444 e. The number of anilines is 2. The van der Waals surface area contributed by atoms with E-state index in [0.29, 0.717) is 11.3 Å². The van der Waals surface area contributed by atoms with Gasteiger partial charge in [-0.2, -0.15) is 0 Å². The average molecular weight is 409 g/mol. The zero-order chi connectivity index (χ0) is 21.7. The van der Waals surface area contributed by atoms with Crippen LogP contribution in [0, 0.1) is 15.9 Å². The summed E-state index contributed by atoms with van der Waals surface area (Å²) in [5, 5.41) is 13.5. The summed E-state index contributed by atoms with van der Waals surface area (Å²) in [4.78, 5) is 35.8. The molecule has 1 unspecified atom stereocenters. The van der Waals surface area contributed by atoms with E-state index in [9.17, 15) is 24.1 Å². The van der Waals surface area contributed by atoms with Gasteiger partial charge in [0.05, 0.1) is 10.5 Å². The number of ether oxygens (including phenoxy) is 1. The lowest BCUT2D eigenvalue weighted by molar-refractivity contribution is -0.384. The zero-order valence-electron chi connectivity index (χ0n) is 15.4. The molecule has 0 aromatic heterocycles. The maximum atomic E-state index is 13.1. The van der Waals surface area contributed by atoms with E-state index in [1.54, 1.807) is 30.3 Å². The molecule has 8 nitrogen and oxygen atoms in total. The smallest absolute Gasteiger partial charge is 0.341 e. The van der Waals surface area contributed by atoms with Crippen LogP contribution in [0.1, 0.15) is 22.0 Å². The van der Waals surface area contributed by atoms with E-state index in [0.717, 1.165) is 12.1 Å². The third-order valence-corrected chi connectivity index (χ3v) is 4.14. The molecule has 0 aliphatic carbocycles. The second kappa shape index (κ2) is 8.82.